The minimum absolute atomic E-state index is 0.000150. The Kier molecular flexibility index (Phi) is 7.14. The molecule has 2 bridgehead atoms. The molecule has 0 saturated carbocycles. The fraction of sp³-hybridized carbons (Fsp3) is 0.500. The van der Waals surface area contributed by atoms with E-state index in [9.17, 15) is 4.79 Å². The first kappa shape index (κ1) is 21.8. The van der Waals surface area contributed by atoms with Crippen LogP contribution in [0, 0.1) is 9.49 Å². The van der Waals surface area contributed by atoms with Crippen molar-refractivity contribution in [2.24, 2.45) is 5.92 Å². The number of halogens is 1. The number of carbonyl (C=O) groups excluding carboxylic acids is 1. The van der Waals surface area contributed by atoms with Crippen molar-refractivity contribution in [3.63, 3.8) is 0 Å². The molecule has 2 aromatic rings. The van der Waals surface area contributed by atoms with Crippen molar-refractivity contribution in [2.75, 3.05) is 13.7 Å². The molecule has 30 heavy (non-hydrogen) atoms. The third-order valence-electron chi connectivity index (χ3n) is 7.12. The summed E-state index contributed by atoms with van der Waals surface area (Å²) >= 11 is 2.44. The van der Waals surface area contributed by atoms with Crippen LogP contribution in [-0.2, 0) is 22.4 Å². The van der Waals surface area contributed by atoms with Crippen LogP contribution in [0.1, 0.15) is 55.2 Å². The normalized spacial score (nSPS) is 26.0. The lowest BCUT2D eigenvalue weighted by Crippen LogP contribution is -2.49. The van der Waals surface area contributed by atoms with E-state index in [4.69, 9.17) is 4.74 Å². The van der Waals surface area contributed by atoms with Crippen LogP contribution in [-0.4, -0.2) is 36.6 Å². The van der Waals surface area contributed by atoms with Crippen LogP contribution in [0.2, 0.25) is 0 Å². The molecule has 0 spiro atoms. The number of hydrogen-bond donors (Lipinski definition) is 0. The number of rotatable bonds is 7. The maximum Gasteiger partial charge on any atom is 0.311 e. The highest BCUT2D eigenvalue weighted by Crippen LogP contribution is 2.47. The molecule has 0 aromatic heterocycles. The molecule has 2 aliphatic rings. The first-order valence-corrected chi connectivity index (χ1v) is 12.4. The summed E-state index contributed by atoms with van der Waals surface area (Å²) < 4.78 is 7.18. The third-order valence-corrected chi connectivity index (χ3v) is 8.13. The zero-order chi connectivity index (χ0) is 21.1. The van der Waals surface area contributed by atoms with Crippen LogP contribution >= 0.6 is 22.6 Å². The Balaban J connectivity index is 1.46. The van der Waals surface area contributed by atoms with E-state index >= 15 is 0 Å². The van der Waals surface area contributed by atoms with E-state index in [-0.39, 0.29) is 17.8 Å². The van der Waals surface area contributed by atoms with E-state index in [1.54, 1.807) is 0 Å². The predicted molar refractivity (Wildman–Crippen MR) is 130 cm³/mol. The Hall–Kier alpha value is -1.40. The molecule has 160 valence electrons. The van der Waals surface area contributed by atoms with E-state index in [1.807, 2.05) is 6.07 Å². The average Bonchev–Trinajstić information content (AvgIpc) is 2.99. The Morgan fingerprint density at radius 3 is 2.70 bits per heavy atom. The molecule has 0 radical (unpaired) electrons. The number of fused-ring (bicyclic) bond motifs is 2. The SMILES string of the molecule is CCc1ccc([C@H]2C[C@H]3CCC(C2C(=O)OCCCc2ccccc2)N3C)cc1I. The minimum Gasteiger partial charge on any atom is -0.465 e. The minimum atomic E-state index is -0.0613. The maximum absolute atomic E-state index is 13.3. The molecule has 4 heteroatoms. The molecular weight excluding hydrogens is 485 g/mol. The molecule has 4 rings (SSSR count). The van der Waals surface area contributed by atoms with Gasteiger partial charge in [-0.1, -0.05) is 49.4 Å². The van der Waals surface area contributed by atoms with Crippen LogP contribution in [0.4, 0.5) is 0 Å². The van der Waals surface area contributed by atoms with Crippen LogP contribution in [0.3, 0.4) is 0 Å². The number of carbonyl (C=O) groups is 1. The monoisotopic (exact) mass is 517 g/mol. The van der Waals surface area contributed by atoms with Gasteiger partial charge in [-0.15, -0.1) is 0 Å². The van der Waals surface area contributed by atoms with E-state index < -0.39 is 0 Å². The van der Waals surface area contributed by atoms with Crippen molar-refractivity contribution in [2.45, 2.75) is 63.5 Å². The highest BCUT2D eigenvalue weighted by atomic mass is 127. The first-order valence-electron chi connectivity index (χ1n) is 11.3. The van der Waals surface area contributed by atoms with Gasteiger partial charge in [-0.25, -0.2) is 0 Å². The Labute approximate surface area is 194 Å². The summed E-state index contributed by atoms with van der Waals surface area (Å²) in [4.78, 5) is 15.7. The quantitative estimate of drug-likeness (QED) is 0.272. The fourth-order valence-electron chi connectivity index (χ4n) is 5.40. The van der Waals surface area contributed by atoms with Crippen LogP contribution in [0.25, 0.3) is 0 Å². The molecule has 2 aromatic carbocycles. The molecule has 0 N–H and O–H groups in total. The van der Waals surface area contributed by atoms with Crippen molar-refractivity contribution < 1.29 is 9.53 Å². The van der Waals surface area contributed by atoms with E-state index in [2.05, 4.69) is 83.9 Å². The van der Waals surface area contributed by atoms with Gasteiger partial charge in [0.25, 0.3) is 0 Å². The molecule has 2 saturated heterocycles. The molecule has 2 heterocycles. The first-order chi connectivity index (χ1) is 14.6. The average molecular weight is 517 g/mol. The second kappa shape index (κ2) is 9.82. The number of benzene rings is 2. The summed E-state index contributed by atoms with van der Waals surface area (Å²) in [6, 6.07) is 18.1. The number of aryl methyl sites for hydroxylation is 2. The topological polar surface area (TPSA) is 29.5 Å². The van der Waals surface area contributed by atoms with E-state index in [0.29, 0.717) is 18.7 Å². The predicted octanol–water partition coefficient (Wildman–Crippen LogP) is 5.60. The zero-order valence-corrected chi connectivity index (χ0v) is 20.2. The number of esters is 1. The van der Waals surface area contributed by atoms with E-state index in [0.717, 1.165) is 32.1 Å². The largest absolute Gasteiger partial charge is 0.465 e. The third kappa shape index (κ3) is 4.59. The summed E-state index contributed by atoms with van der Waals surface area (Å²) in [6.45, 7) is 2.70. The molecule has 2 unspecified atom stereocenters. The number of piperidine rings is 1. The standard InChI is InChI=1S/C26H32INO2/c1-3-19-11-12-20(16-23(19)27)22-17-21-13-14-24(28(21)2)25(22)26(29)30-15-7-10-18-8-5-4-6-9-18/h4-6,8-9,11-12,16,21-22,24-25H,3,7,10,13-15,17H2,1-2H3/t21-,22-,24?,25?/m1/s1. The number of hydrogen-bond acceptors (Lipinski definition) is 3. The van der Waals surface area contributed by atoms with Crippen LogP contribution < -0.4 is 0 Å². The van der Waals surface area contributed by atoms with E-state index in [1.165, 1.54) is 26.7 Å². The summed E-state index contributed by atoms with van der Waals surface area (Å²) in [6.07, 6.45) is 6.22. The summed E-state index contributed by atoms with van der Waals surface area (Å²) in [5.74, 6) is 0.202. The lowest BCUT2D eigenvalue weighted by atomic mass is 9.76. The van der Waals surface area contributed by atoms with Crippen LogP contribution in [0.5, 0.6) is 0 Å². The lowest BCUT2D eigenvalue weighted by Gasteiger charge is -2.42. The van der Waals surface area contributed by atoms with Crippen LogP contribution in [0.15, 0.2) is 48.5 Å². The molecule has 4 atom stereocenters. The summed E-state index contributed by atoms with van der Waals surface area (Å²) in [5, 5.41) is 0. The van der Waals surface area contributed by atoms with Gasteiger partial charge in [0.1, 0.15) is 0 Å². The molecule has 0 aliphatic carbocycles. The Bertz CT molecular complexity index is 869. The second-order valence-corrected chi connectivity index (χ2v) is 9.96. The van der Waals surface area contributed by atoms with Gasteiger partial charge in [0.05, 0.1) is 12.5 Å². The van der Waals surface area contributed by atoms with Gasteiger partial charge >= 0.3 is 5.97 Å². The summed E-state index contributed by atoms with van der Waals surface area (Å²) in [5.41, 5.74) is 4.00. The fourth-order valence-corrected chi connectivity index (χ4v) is 6.32. The van der Waals surface area contributed by atoms with Gasteiger partial charge in [0, 0.05) is 21.6 Å². The molecule has 2 aliphatic heterocycles. The van der Waals surface area contributed by atoms with Crippen molar-refractivity contribution in [3.05, 3.63) is 68.8 Å². The smallest absolute Gasteiger partial charge is 0.311 e. The van der Waals surface area contributed by atoms with Gasteiger partial charge in [-0.05, 0) is 90.9 Å². The molecule has 2 fully saturated rings. The Morgan fingerprint density at radius 2 is 1.97 bits per heavy atom. The zero-order valence-electron chi connectivity index (χ0n) is 18.0. The van der Waals surface area contributed by atoms with Gasteiger partial charge < -0.3 is 4.74 Å². The second-order valence-electron chi connectivity index (χ2n) is 8.79. The van der Waals surface area contributed by atoms with Crippen molar-refractivity contribution in [1.82, 2.24) is 4.90 Å². The highest BCUT2D eigenvalue weighted by molar-refractivity contribution is 14.1. The van der Waals surface area contributed by atoms with Gasteiger partial charge in [-0.3, -0.25) is 9.69 Å². The van der Waals surface area contributed by atoms with Crippen molar-refractivity contribution in [3.8, 4) is 0 Å². The number of ether oxygens (including phenoxy) is 1. The van der Waals surface area contributed by atoms with Crippen molar-refractivity contribution in [1.29, 1.82) is 0 Å². The van der Waals surface area contributed by atoms with Gasteiger partial charge in [0.2, 0.25) is 0 Å². The molecule has 3 nitrogen and oxygen atoms in total. The maximum atomic E-state index is 13.3. The van der Waals surface area contributed by atoms with Crippen molar-refractivity contribution >= 4 is 28.6 Å². The van der Waals surface area contributed by atoms with Gasteiger partial charge in [0.15, 0.2) is 0 Å². The lowest BCUT2D eigenvalue weighted by molar-refractivity contribution is -0.153. The number of nitrogens with zero attached hydrogens (tertiary/aromatic N) is 1. The Morgan fingerprint density at radius 1 is 1.17 bits per heavy atom. The highest BCUT2D eigenvalue weighted by Gasteiger charge is 2.49. The molecule has 0 amide bonds. The van der Waals surface area contributed by atoms with Gasteiger partial charge in [-0.2, -0.15) is 0 Å². The summed E-state index contributed by atoms with van der Waals surface area (Å²) in [7, 11) is 2.19. The molecular formula is C26H32INO2.